The molecule has 0 aliphatic carbocycles. The first-order valence-corrected chi connectivity index (χ1v) is 8.07. The van der Waals surface area contributed by atoms with Gasteiger partial charge < -0.3 is 9.47 Å². The fourth-order valence-corrected chi connectivity index (χ4v) is 3.25. The molecule has 130 valence electrons. The van der Waals surface area contributed by atoms with Crippen LogP contribution < -0.4 is 9.47 Å². The molecule has 0 fully saturated rings. The maximum Gasteiger partial charge on any atom is 0.308 e. The molecule has 25 heavy (non-hydrogen) atoms. The van der Waals surface area contributed by atoms with Crippen molar-refractivity contribution in [2.75, 3.05) is 7.11 Å². The van der Waals surface area contributed by atoms with E-state index in [-0.39, 0.29) is 33.7 Å². The third kappa shape index (κ3) is 2.78. The molecule has 2 heterocycles. The molecule has 0 N–H and O–H groups in total. The summed E-state index contributed by atoms with van der Waals surface area (Å²) in [5.41, 5.74) is 0.547. The van der Waals surface area contributed by atoms with E-state index in [2.05, 4.69) is 0 Å². The van der Waals surface area contributed by atoms with Crippen LogP contribution >= 0.6 is 11.3 Å². The smallest absolute Gasteiger partial charge is 0.308 e. The molecule has 0 bridgehead atoms. The standard InChI is InChI=1S/C17H13F2NO4S/c1-8-16(24-9(2)21)14-11(4-5-12(23-3)15(14)19)20(8)17(22)10-6-13(18)25-7-10/h4-7H,1-3H3. The molecule has 5 nitrogen and oxygen atoms in total. The minimum atomic E-state index is -0.748. The van der Waals surface area contributed by atoms with Crippen molar-refractivity contribution in [3.8, 4) is 11.5 Å². The zero-order chi connectivity index (χ0) is 18.3. The molecule has 0 aliphatic heterocycles. The molecule has 0 aliphatic rings. The highest BCUT2D eigenvalue weighted by atomic mass is 32.1. The van der Waals surface area contributed by atoms with Crippen molar-refractivity contribution in [3.05, 3.63) is 45.8 Å². The summed E-state index contributed by atoms with van der Waals surface area (Å²) in [6.07, 6.45) is 0. The van der Waals surface area contributed by atoms with Crippen LogP contribution in [0.5, 0.6) is 11.5 Å². The number of hydrogen-bond acceptors (Lipinski definition) is 5. The molecule has 3 aromatic rings. The van der Waals surface area contributed by atoms with Gasteiger partial charge in [-0.25, -0.2) is 4.39 Å². The lowest BCUT2D eigenvalue weighted by molar-refractivity contribution is -0.131. The minimum Gasteiger partial charge on any atom is -0.494 e. The van der Waals surface area contributed by atoms with Crippen molar-refractivity contribution < 1.29 is 27.8 Å². The van der Waals surface area contributed by atoms with Gasteiger partial charge in [0.05, 0.1) is 29.3 Å². The summed E-state index contributed by atoms with van der Waals surface area (Å²) in [6, 6.07) is 3.95. The molecule has 0 amide bonds. The fourth-order valence-electron chi connectivity index (χ4n) is 2.65. The van der Waals surface area contributed by atoms with Gasteiger partial charge in [-0.05, 0) is 25.1 Å². The summed E-state index contributed by atoms with van der Waals surface area (Å²) in [6.45, 7) is 2.70. The Morgan fingerprint density at radius 3 is 2.52 bits per heavy atom. The number of ether oxygens (including phenoxy) is 2. The lowest BCUT2D eigenvalue weighted by Crippen LogP contribution is -2.13. The first-order valence-electron chi connectivity index (χ1n) is 7.19. The highest BCUT2D eigenvalue weighted by Gasteiger charge is 2.26. The van der Waals surface area contributed by atoms with E-state index in [0.717, 1.165) is 17.4 Å². The Kier molecular flexibility index (Phi) is 4.30. The highest BCUT2D eigenvalue weighted by Crippen LogP contribution is 2.38. The van der Waals surface area contributed by atoms with Crippen LogP contribution in [0.15, 0.2) is 23.6 Å². The van der Waals surface area contributed by atoms with Gasteiger partial charge in [0, 0.05) is 12.3 Å². The third-order valence-corrected chi connectivity index (χ3v) is 4.41. The Morgan fingerprint density at radius 1 is 1.24 bits per heavy atom. The van der Waals surface area contributed by atoms with Crippen molar-refractivity contribution in [3.63, 3.8) is 0 Å². The summed E-state index contributed by atoms with van der Waals surface area (Å²) in [5, 5.41) is 0.815. The number of methoxy groups -OCH3 is 1. The van der Waals surface area contributed by atoms with Crippen LogP contribution in [0.25, 0.3) is 10.9 Å². The number of thiophene rings is 1. The van der Waals surface area contributed by atoms with Crippen LogP contribution in [-0.4, -0.2) is 23.6 Å². The first kappa shape index (κ1) is 17.1. The second kappa shape index (κ2) is 6.29. The van der Waals surface area contributed by atoms with Gasteiger partial charge in [0.1, 0.15) is 0 Å². The maximum absolute atomic E-state index is 14.7. The number of esters is 1. The van der Waals surface area contributed by atoms with Gasteiger partial charge in [0.15, 0.2) is 22.4 Å². The second-order valence-electron chi connectivity index (χ2n) is 5.26. The summed E-state index contributed by atoms with van der Waals surface area (Å²) >= 11 is 0.785. The topological polar surface area (TPSA) is 57.5 Å². The number of carbonyl (C=O) groups is 2. The Bertz CT molecular complexity index is 1010. The van der Waals surface area contributed by atoms with Gasteiger partial charge in [-0.2, -0.15) is 4.39 Å². The SMILES string of the molecule is COc1ccc2c(c1F)c(OC(C)=O)c(C)n2C(=O)c1csc(F)c1. The molecule has 1 aromatic carbocycles. The minimum absolute atomic E-state index is 0.0453. The van der Waals surface area contributed by atoms with E-state index < -0.39 is 22.8 Å². The van der Waals surface area contributed by atoms with Crippen LogP contribution in [0.4, 0.5) is 8.78 Å². The average Bonchev–Trinajstić information content (AvgIpc) is 3.10. The molecule has 2 aromatic heterocycles. The van der Waals surface area contributed by atoms with E-state index in [1.54, 1.807) is 0 Å². The molecule has 8 heteroatoms. The number of benzene rings is 1. The summed E-state index contributed by atoms with van der Waals surface area (Å²) < 4.78 is 39.3. The van der Waals surface area contributed by atoms with Crippen LogP contribution in [-0.2, 0) is 4.79 Å². The van der Waals surface area contributed by atoms with E-state index in [9.17, 15) is 18.4 Å². The Hall–Kier alpha value is -2.74. The number of rotatable bonds is 3. The normalized spacial score (nSPS) is 10.9. The number of halogens is 2. The molecule has 0 saturated carbocycles. The molecule has 0 saturated heterocycles. The van der Waals surface area contributed by atoms with E-state index >= 15 is 0 Å². The highest BCUT2D eigenvalue weighted by molar-refractivity contribution is 7.08. The van der Waals surface area contributed by atoms with Crippen LogP contribution in [0.3, 0.4) is 0 Å². The average molecular weight is 365 g/mol. The zero-order valence-electron chi connectivity index (χ0n) is 13.6. The number of nitrogens with zero attached hydrogens (tertiary/aromatic N) is 1. The van der Waals surface area contributed by atoms with Crippen LogP contribution in [0.1, 0.15) is 23.0 Å². The Balaban J connectivity index is 2.32. The number of hydrogen-bond donors (Lipinski definition) is 0. The predicted molar refractivity (Wildman–Crippen MR) is 88.5 cm³/mol. The number of carbonyl (C=O) groups excluding carboxylic acids is 2. The van der Waals surface area contributed by atoms with Crippen LogP contribution in [0, 0.1) is 17.9 Å². The van der Waals surface area contributed by atoms with Gasteiger partial charge in [-0.15, -0.1) is 11.3 Å². The first-order chi connectivity index (χ1) is 11.8. The van der Waals surface area contributed by atoms with Crippen molar-refractivity contribution in [1.82, 2.24) is 4.57 Å². The van der Waals surface area contributed by atoms with Gasteiger partial charge >= 0.3 is 5.97 Å². The number of fused-ring (bicyclic) bond motifs is 1. The van der Waals surface area contributed by atoms with Crippen molar-refractivity contribution in [1.29, 1.82) is 0 Å². The van der Waals surface area contributed by atoms with Gasteiger partial charge in [-0.3, -0.25) is 14.2 Å². The summed E-state index contributed by atoms with van der Waals surface area (Å²) in [7, 11) is 1.30. The van der Waals surface area contributed by atoms with E-state index in [4.69, 9.17) is 9.47 Å². The molecule has 0 spiro atoms. The fraction of sp³-hybridized carbons (Fsp3) is 0.176. The molecule has 0 unspecified atom stereocenters. The summed E-state index contributed by atoms with van der Waals surface area (Å²) in [4.78, 5) is 24.2. The Labute approximate surface area is 145 Å². The molecule has 0 atom stereocenters. The van der Waals surface area contributed by atoms with Gasteiger partial charge in [0.2, 0.25) is 0 Å². The van der Waals surface area contributed by atoms with E-state index in [1.165, 1.54) is 43.0 Å². The molecule has 3 rings (SSSR count). The van der Waals surface area contributed by atoms with E-state index in [1.807, 2.05) is 0 Å². The second-order valence-corrected chi connectivity index (χ2v) is 6.13. The quantitative estimate of drug-likeness (QED) is 0.661. The largest absolute Gasteiger partial charge is 0.494 e. The number of aromatic nitrogens is 1. The van der Waals surface area contributed by atoms with E-state index in [0.29, 0.717) is 0 Å². The zero-order valence-corrected chi connectivity index (χ0v) is 14.4. The third-order valence-electron chi connectivity index (χ3n) is 3.70. The van der Waals surface area contributed by atoms with Crippen molar-refractivity contribution in [2.24, 2.45) is 0 Å². The lowest BCUT2D eigenvalue weighted by Gasteiger charge is -2.06. The van der Waals surface area contributed by atoms with Gasteiger partial charge in [-0.1, -0.05) is 0 Å². The predicted octanol–water partition coefficient (Wildman–Crippen LogP) is 3.91. The van der Waals surface area contributed by atoms with Crippen molar-refractivity contribution >= 4 is 34.1 Å². The Morgan fingerprint density at radius 2 is 1.96 bits per heavy atom. The summed E-state index contributed by atoms with van der Waals surface area (Å²) in [5.74, 6) is -2.07. The molecular formula is C17H13F2NO4S. The monoisotopic (exact) mass is 365 g/mol. The molecular weight excluding hydrogens is 352 g/mol. The maximum atomic E-state index is 14.7. The molecule has 0 radical (unpaired) electrons. The van der Waals surface area contributed by atoms with Gasteiger partial charge in [0.25, 0.3) is 5.91 Å². The van der Waals surface area contributed by atoms with Crippen molar-refractivity contribution in [2.45, 2.75) is 13.8 Å². The van der Waals surface area contributed by atoms with Crippen LogP contribution in [0.2, 0.25) is 0 Å². The lowest BCUT2D eigenvalue weighted by atomic mass is 10.2.